The molecule has 5 N–H and O–H groups in total. The van der Waals surface area contributed by atoms with E-state index < -0.39 is 40.2 Å². The fraction of sp³-hybridized carbons (Fsp3) is 0.500. The zero-order valence-corrected chi connectivity index (χ0v) is 16.7. The number of phenols is 1. The number of carboxylic acids is 1. The summed E-state index contributed by atoms with van der Waals surface area (Å²) in [5.74, 6) is -1.66. The number of amides is 2. The Hall–Kier alpha value is -2.30. The first-order chi connectivity index (χ1) is 13.1. The summed E-state index contributed by atoms with van der Waals surface area (Å²) in [6.45, 7) is 5.16. The molecule has 0 aliphatic carbocycles. The normalized spacial score (nSPS) is 21.7. The van der Waals surface area contributed by atoms with Crippen molar-refractivity contribution in [2.75, 3.05) is 13.2 Å². The number of carbonyl (C=O) groups is 3. The SMILES string of the molecule is CCOC(=O)N(CC1N[C@@H](C(=O)O)C(C)(C)S1)C(=O)[C@H](N)c1ccc(O)cc1. The molecule has 1 saturated heterocycles. The Balaban J connectivity index is 2.20. The number of nitrogens with zero attached hydrogens (tertiary/aromatic N) is 1. The van der Waals surface area contributed by atoms with E-state index in [4.69, 9.17) is 10.5 Å². The molecule has 9 nitrogen and oxygen atoms in total. The highest BCUT2D eigenvalue weighted by atomic mass is 32.2. The second kappa shape index (κ2) is 8.80. The highest BCUT2D eigenvalue weighted by Crippen LogP contribution is 2.38. The number of benzene rings is 1. The van der Waals surface area contributed by atoms with E-state index in [1.54, 1.807) is 20.8 Å². The van der Waals surface area contributed by atoms with Crippen molar-refractivity contribution in [1.82, 2.24) is 10.2 Å². The fourth-order valence-electron chi connectivity index (χ4n) is 2.93. The average Bonchev–Trinajstić information content (AvgIpc) is 2.93. The molecule has 2 amide bonds. The van der Waals surface area contributed by atoms with Gasteiger partial charge < -0.3 is 20.7 Å². The molecule has 154 valence electrons. The smallest absolute Gasteiger partial charge is 0.416 e. The van der Waals surface area contributed by atoms with E-state index in [-0.39, 0.29) is 18.9 Å². The third kappa shape index (κ3) is 4.94. The van der Waals surface area contributed by atoms with Gasteiger partial charge >= 0.3 is 12.1 Å². The largest absolute Gasteiger partial charge is 0.508 e. The Bertz CT molecular complexity index is 739. The molecule has 0 spiro atoms. The molecule has 1 heterocycles. The molecular weight excluding hydrogens is 386 g/mol. The molecule has 1 aliphatic heterocycles. The third-order valence-electron chi connectivity index (χ3n) is 4.36. The van der Waals surface area contributed by atoms with Crippen molar-refractivity contribution in [3.8, 4) is 5.75 Å². The summed E-state index contributed by atoms with van der Waals surface area (Å²) in [5, 5.41) is 21.2. The summed E-state index contributed by atoms with van der Waals surface area (Å²) in [7, 11) is 0. The monoisotopic (exact) mass is 411 g/mol. The molecule has 1 aromatic rings. The average molecular weight is 411 g/mol. The molecule has 1 aromatic carbocycles. The molecule has 2 rings (SSSR count). The highest BCUT2D eigenvalue weighted by molar-refractivity contribution is 8.01. The molecule has 1 unspecified atom stereocenters. The van der Waals surface area contributed by atoms with Crippen molar-refractivity contribution >= 4 is 29.7 Å². The minimum atomic E-state index is -1.14. The van der Waals surface area contributed by atoms with Crippen LogP contribution in [0, 0.1) is 0 Å². The van der Waals surface area contributed by atoms with Gasteiger partial charge in [0.1, 0.15) is 17.8 Å². The van der Waals surface area contributed by atoms with Gasteiger partial charge in [-0.25, -0.2) is 9.69 Å². The first-order valence-corrected chi connectivity index (χ1v) is 9.64. The number of ether oxygens (including phenoxy) is 1. The van der Waals surface area contributed by atoms with Gasteiger partial charge in [0.15, 0.2) is 0 Å². The number of aromatic hydroxyl groups is 1. The van der Waals surface area contributed by atoms with Crippen molar-refractivity contribution < 1.29 is 29.3 Å². The Morgan fingerprint density at radius 3 is 2.43 bits per heavy atom. The van der Waals surface area contributed by atoms with Gasteiger partial charge in [0.25, 0.3) is 5.91 Å². The molecule has 0 aromatic heterocycles. The van der Waals surface area contributed by atoms with Gasteiger partial charge in [-0.05, 0) is 38.5 Å². The van der Waals surface area contributed by atoms with Crippen LogP contribution in [0.1, 0.15) is 32.4 Å². The van der Waals surface area contributed by atoms with Gasteiger partial charge in [0, 0.05) is 4.75 Å². The van der Waals surface area contributed by atoms with E-state index in [0.29, 0.717) is 5.56 Å². The van der Waals surface area contributed by atoms with Crippen LogP contribution in [0.5, 0.6) is 5.75 Å². The van der Waals surface area contributed by atoms with Gasteiger partial charge in [0.2, 0.25) is 0 Å². The minimum Gasteiger partial charge on any atom is -0.508 e. The maximum absolute atomic E-state index is 12.9. The van der Waals surface area contributed by atoms with Crippen LogP contribution in [0.2, 0.25) is 0 Å². The van der Waals surface area contributed by atoms with Crippen molar-refractivity contribution in [1.29, 1.82) is 0 Å². The first kappa shape index (κ1) is 22.0. The molecule has 1 fully saturated rings. The zero-order chi connectivity index (χ0) is 21.1. The van der Waals surface area contributed by atoms with E-state index in [2.05, 4.69) is 5.32 Å². The summed E-state index contributed by atoms with van der Waals surface area (Å²) in [6.07, 6.45) is -0.847. The van der Waals surface area contributed by atoms with Crippen LogP contribution in [-0.4, -0.2) is 62.4 Å². The molecule has 0 saturated carbocycles. The van der Waals surface area contributed by atoms with Crippen LogP contribution in [0.4, 0.5) is 4.79 Å². The molecule has 28 heavy (non-hydrogen) atoms. The van der Waals surface area contributed by atoms with Crippen molar-refractivity contribution in [3.05, 3.63) is 29.8 Å². The first-order valence-electron chi connectivity index (χ1n) is 8.76. The molecule has 0 radical (unpaired) electrons. The minimum absolute atomic E-state index is 0.0270. The van der Waals surface area contributed by atoms with E-state index in [1.807, 2.05) is 0 Å². The number of carbonyl (C=O) groups excluding carboxylic acids is 2. The number of hydrogen-bond acceptors (Lipinski definition) is 8. The fourth-order valence-corrected chi connectivity index (χ4v) is 4.39. The number of nitrogens with two attached hydrogens (primary N) is 1. The lowest BCUT2D eigenvalue weighted by Gasteiger charge is -2.26. The van der Waals surface area contributed by atoms with E-state index >= 15 is 0 Å². The number of thioether (sulfide) groups is 1. The zero-order valence-electron chi connectivity index (χ0n) is 15.9. The summed E-state index contributed by atoms with van der Waals surface area (Å²) in [6, 6.07) is 3.81. The maximum atomic E-state index is 12.9. The summed E-state index contributed by atoms with van der Waals surface area (Å²) < 4.78 is 4.36. The van der Waals surface area contributed by atoms with Crippen LogP contribution in [0.25, 0.3) is 0 Å². The number of aliphatic carboxylic acids is 1. The van der Waals surface area contributed by atoms with Gasteiger partial charge in [-0.2, -0.15) is 0 Å². The summed E-state index contributed by atoms with van der Waals surface area (Å²) >= 11 is 1.33. The number of rotatable bonds is 6. The number of imide groups is 1. The van der Waals surface area contributed by atoms with Crippen LogP contribution < -0.4 is 11.1 Å². The lowest BCUT2D eigenvalue weighted by atomic mass is 10.0. The maximum Gasteiger partial charge on any atom is 0.416 e. The molecule has 10 heteroatoms. The van der Waals surface area contributed by atoms with Crippen LogP contribution >= 0.6 is 11.8 Å². The Kier molecular flexibility index (Phi) is 6.91. The standard InChI is InChI=1S/C18H25N3O6S/c1-4-27-17(26)21(9-12-20-14(16(24)25)18(2,3)28-12)15(23)13(19)10-5-7-11(22)8-6-10/h5-8,12-14,20,22H,4,9,19H2,1-3H3,(H,24,25)/t12?,13-,14+/m1/s1. The number of hydrogen-bond donors (Lipinski definition) is 4. The predicted octanol–water partition coefficient (Wildman–Crippen LogP) is 1.27. The van der Waals surface area contributed by atoms with E-state index in [9.17, 15) is 24.6 Å². The number of phenolic OH excluding ortho intramolecular Hbond substituents is 1. The van der Waals surface area contributed by atoms with E-state index in [1.165, 1.54) is 36.0 Å². The van der Waals surface area contributed by atoms with E-state index in [0.717, 1.165) is 4.90 Å². The number of carboxylic acid groups (broad SMARTS) is 1. The summed E-state index contributed by atoms with van der Waals surface area (Å²) in [4.78, 5) is 37.6. The van der Waals surface area contributed by atoms with Gasteiger partial charge in [-0.15, -0.1) is 11.8 Å². The van der Waals surface area contributed by atoms with Crippen LogP contribution in [0.15, 0.2) is 24.3 Å². The topological polar surface area (TPSA) is 142 Å². The predicted molar refractivity (Wildman–Crippen MR) is 104 cm³/mol. The second-order valence-electron chi connectivity index (χ2n) is 6.86. The second-order valence-corrected chi connectivity index (χ2v) is 8.72. The van der Waals surface area contributed by atoms with Crippen LogP contribution in [0.3, 0.4) is 0 Å². The molecule has 1 aliphatic rings. The van der Waals surface area contributed by atoms with Crippen molar-refractivity contribution in [2.45, 2.75) is 43.0 Å². The Labute approximate surface area is 167 Å². The third-order valence-corrected chi connectivity index (χ3v) is 5.77. The summed E-state index contributed by atoms with van der Waals surface area (Å²) in [5.41, 5.74) is 6.45. The highest BCUT2D eigenvalue weighted by Gasteiger charge is 2.46. The quantitative estimate of drug-likeness (QED) is 0.544. The number of nitrogens with one attached hydrogen (secondary N) is 1. The van der Waals surface area contributed by atoms with Crippen LogP contribution in [-0.2, 0) is 14.3 Å². The lowest BCUT2D eigenvalue weighted by molar-refractivity contribution is -0.139. The molecule has 0 bridgehead atoms. The van der Waals surface area contributed by atoms with Gasteiger partial charge in [-0.3, -0.25) is 14.9 Å². The Morgan fingerprint density at radius 1 is 1.32 bits per heavy atom. The van der Waals surface area contributed by atoms with Gasteiger partial charge in [0.05, 0.1) is 18.5 Å². The molecule has 3 atom stereocenters. The Morgan fingerprint density at radius 2 is 1.93 bits per heavy atom. The van der Waals surface area contributed by atoms with Crippen molar-refractivity contribution in [2.24, 2.45) is 5.73 Å². The van der Waals surface area contributed by atoms with Gasteiger partial charge in [-0.1, -0.05) is 12.1 Å². The van der Waals surface area contributed by atoms with Crippen molar-refractivity contribution in [3.63, 3.8) is 0 Å². The molecular formula is C18H25N3O6S. The lowest BCUT2D eigenvalue weighted by Crippen LogP contribution is -2.50.